The molecule has 0 fully saturated rings. The smallest absolute Gasteiger partial charge is 0.258 e. The van der Waals surface area contributed by atoms with Crippen molar-refractivity contribution in [1.82, 2.24) is 0 Å². The second-order valence-electron chi connectivity index (χ2n) is 3.70. The summed E-state index contributed by atoms with van der Waals surface area (Å²) in [6.45, 7) is 0. The van der Waals surface area contributed by atoms with Gasteiger partial charge >= 0.3 is 0 Å². The zero-order valence-corrected chi connectivity index (χ0v) is 11.0. The van der Waals surface area contributed by atoms with Gasteiger partial charge in [0.15, 0.2) is 0 Å². The SMILES string of the molecule is O=C(Nc1cc(F)ccc1Br)c1cc(F)ccc1F. The van der Waals surface area contributed by atoms with Gasteiger partial charge < -0.3 is 5.32 Å². The molecule has 2 aromatic rings. The number of rotatable bonds is 2. The van der Waals surface area contributed by atoms with Crippen LogP contribution in [0.3, 0.4) is 0 Å². The van der Waals surface area contributed by atoms with Crippen LogP contribution in [0.2, 0.25) is 0 Å². The van der Waals surface area contributed by atoms with Crippen LogP contribution in [0.1, 0.15) is 10.4 Å². The summed E-state index contributed by atoms with van der Waals surface area (Å²) < 4.78 is 39.8. The van der Waals surface area contributed by atoms with Crippen LogP contribution < -0.4 is 5.32 Å². The summed E-state index contributed by atoms with van der Waals surface area (Å²) in [4.78, 5) is 11.8. The fraction of sp³-hybridized carbons (Fsp3) is 0. The van der Waals surface area contributed by atoms with Crippen LogP contribution >= 0.6 is 15.9 Å². The summed E-state index contributed by atoms with van der Waals surface area (Å²) in [6.07, 6.45) is 0. The van der Waals surface area contributed by atoms with E-state index in [1.165, 1.54) is 12.1 Å². The van der Waals surface area contributed by atoms with Crippen molar-refractivity contribution in [3.05, 3.63) is 63.9 Å². The van der Waals surface area contributed by atoms with Crippen LogP contribution in [-0.2, 0) is 0 Å². The number of hydrogen-bond donors (Lipinski definition) is 1. The summed E-state index contributed by atoms with van der Waals surface area (Å²) in [5.41, 5.74) is -0.315. The number of benzene rings is 2. The lowest BCUT2D eigenvalue weighted by molar-refractivity contribution is 0.102. The second-order valence-corrected chi connectivity index (χ2v) is 4.56. The minimum atomic E-state index is -0.858. The Morgan fingerprint density at radius 1 is 1.00 bits per heavy atom. The number of carbonyl (C=O) groups excluding carboxylic acids is 1. The average Bonchev–Trinajstić information content (AvgIpc) is 2.36. The van der Waals surface area contributed by atoms with Crippen molar-refractivity contribution in [2.75, 3.05) is 5.32 Å². The van der Waals surface area contributed by atoms with Gasteiger partial charge in [-0.05, 0) is 52.3 Å². The number of hydrogen-bond acceptors (Lipinski definition) is 1. The number of anilines is 1. The van der Waals surface area contributed by atoms with E-state index in [1.807, 2.05) is 0 Å². The minimum absolute atomic E-state index is 0.133. The van der Waals surface area contributed by atoms with Crippen molar-refractivity contribution < 1.29 is 18.0 Å². The Hall–Kier alpha value is -1.82. The van der Waals surface area contributed by atoms with Gasteiger partial charge in [-0.3, -0.25) is 4.79 Å². The van der Waals surface area contributed by atoms with E-state index >= 15 is 0 Å². The van der Waals surface area contributed by atoms with Gasteiger partial charge in [-0.15, -0.1) is 0 Å². The Morgan fingerprint density at radius 3 is 2.37 bits per heavy atom. The molecule has 0 aliphatic rings. The van der Waals surface area contributed by atoms with Crippen LogP contribution in [0.5, 0.6) is 0 Å². The maximum atomic E-state index is 13.4. The molecular formula is C13H7BrF3NO. The fourth-order valence-corrected chi connectivity index (χ4v) is 1.80. The number of halogens is 4. The third-order valence-electron chi connectivity index (χ3n) is 2.35. The molecule has 0 atom stereocenters. The Kier molecular flexibility index (Phi) is 3.90. The normalized spacial score (nSPS) is 10.3. The van der Waals surface area contributed by atoms with Gasteiger partial charge in [0, 0.05) is 4.47 Å². The molecule has 0 radical (unpaired) electrons. The fourth-order valence-electron chi connectivity index (χ4n) is 1.45. The third-order valence-corrected chi connectivity index (χ3v) is 3.04. The molecule has 0 saturated heterocycles. The van der Waals surface area contributed by atoms with Gasteiger partial charge in [0.25, 0.3) is 5.91 Å². The third kappa shape index (κ3) is 3.14. The highest BCUT2D eigenvalue weighted by Crippen LogP contribution is 2.24. The van der Waals surface area contributed by atoms with E-state index in [2.05, 4.69) is 21.2 Å². The zero-order valence-electron chi connectivity index (χ0n) is 9.38. The van der Waals surface area contributed by atoms with Crippen LogP contribution in [-0.4, -0.2) is 5.91 Å². The van der Waals surface area contributed by atoms with Crippen LogP contribution in [0.15, 0.2) is 40.9 Å². The first-order chi connectivity index (χ1) is 8.97. The highest BCUT2D eigenvalue weighted by Gasteiger charge is 2.14. The van der Waals surface area contributed by atoms with Gasteiger partial charge in [-0.2, -0.15) is 0 Å². The van der Waals surface area contributed by atoms with E-state index < -0.39 is 28.9 Å². The molecule has 1 amide bonds. The Balaban J connectivity index is 2.30. The van der Waals surface area contributed by atoms with E-state index in [0.717, 1.165) is 24.3 Å². The van der Waals surface area contributed by atoms with Crippen LogP contribution in [0.4, 0.5) is 18.9 Å². The van der Waals surface area contributed by atoms with E-state index in [-0.39, 0.29) is 5.69 Å². The standard InChI is InChI=1S/C13H7BrF3NO/c14-10-3-1-8(16)6-12(10)18-13(19)9-5-7(15)2-4-11(9)17/h1-6H,(H,18,19). The van der Waals surface area contributed by atoms with Crippen LogP contribution in [0.25, 0.3) is 0 Å². The molecule has 0 bridgehead atoms. The van der Waals surface area contributed by atoms with E-state index in [0.29, 0.717) is 4.47 Å². The van der Waals surface area contributed by atoms with Crippen molar-refractivity contribution in [3.63, 3.8) is 0 Å². The molecule has 0 spiro atoms. The second kappa shape index (κ2) is 5.44. The Labute approximate surface area is 115 Å². The van der Waals surface area contributed by atoms with Crippen molar-refractivity contribution >= 4 is 27.5 Å². The van der Waals surface area contributed by atoms with Gasteiger partial charge in [0.2, 0.25) is 0 Å². The van der Waals surface area contributed by atoms with Gasteiger partial charge in [0.05, 0.1) is 11.3 Å². The molecule has 19 heavy (non-hydrogen) atoms. The summed E-state index contributed by atoms with van der Waals surface area (Å²) >= 11 is 3.12. The Morgan fingerprint density at radius 2 is 1.63 bits per heavy atom. The molecule has 0 heterocycles. The van der Waals surface area contributed by atoms with Crippen molar-refractivity contribution in [3.8, 4) is 0 Å². The molecule has 0 aromatic heterocycles. The highest BCUT2D eigenvalue weighted by molar-refractivity contribution is 9.10. The van der Waals surface area contributed by atoms with Gasteiger partial charge in [-0.25, -0.2) is 13.2 Å². The van der Waals surface area contributed by atoms with Crippen molar-refractivity contribution in [2.45, 2.75) is 0 Å². The first kappa shape index (κ1) is 13.6. The molecular weight excluding hydrogens is 323 g/mol. The summed E-state index contributed by atoms with van der Waals surface area (Å²) in [6, 6.07) is 6.20. The topological polar surface area (TPSA) is 29.1 Å². The van der Waals surface area contributed by atoms with Crippen LogP contribution in [0, 0.1) is 17.5 Å². The maximum Gasteiger partial charge on any atom is 0.258 e. The molecule has 2 aromatic carbocycles. The first-order valence-electron chi connectivity index (χ1n) is 5.19. The zero-order chi connectivity index (χ0) is 14.0. The Bertz CT molecular complexity index is 646. The summed E-state index contributed by atoms with van der Waals surface area (Å²) in [5, 5.41) is 2.30. The first-order valence-corrected chi connectivity index (χ1v) is 5.98. The lowest BCUT2D eigenvalue weighted by atomic mass is 10.2. The number of carbonyl (C=O) groups is 1. The molecule has 0 aliphatic heterocycles. The van der Waals surface area contributed by atoms with E-state index in [4.69, 9.17) is 0 Å². The summed E-state index contributed by atoms with van der Waals surface area (Å²) in [7, 11) is 0. The molecule has 0 aliphatic carbocycles. The predicted molar refractivity (Wildman–Crippen MR) is 68.4 cm³/mol. The molecule has 6 heteroatoms. The minimum Gasteiger partial charge on any atom is -0.321 e. The van der Waals surface area contributed by atoms with E-state index in [1.54, 1.807) is 0 Å². The van der Waals surface area contributed by atoms with Gasteiger partial charge in [0.1, 0.15) is 17.5 Å². The molecule has 1 N–H and O–H groups in total. The highest BCUT2D eigenvalue weighted by atomic mass is 79.9. The van der Waals surface area contributed by atoms with E-state index in [9.17, 15) is 18.0 Å². The molecule has 2 nitrogen and oxygen atoms in total. The molecule has 0 saturated carbocycles. The summed E-state index contributed by atoms with van der Waals surface area (Å²) in [5.74, 6) is -3.00. The predicted octanol–water partition coefficient (Wildman–Crippen LogP) is 4.12. The quantitative estimate of drug-likeness (QED) is 0.882. The maximum absolute atomic E-state index is 13.4. The molecule has 2 rings (SSSR count). The van der Waals surface area contributed by atoms with Crippen molar-refractivity contribution in [1.29, 1.82) is 0 Å². The molecule has 0 unspecified atom stereocenters. The van der Waals surface area contributed by atoms with Gasteiger partial charge in [-0.1, -0.05) is 0 Å². The number of amides is 1. The average molecular weight is 330 g/mol. The lowest BCUT2D eigenvalue weighted by Crippen LogP contribution is -2.14. The lowest BCUT2D eigenvalue weighted by Gasteiger charge is -2.08. The monoisotopic (exact) mass is 329 g/mol. The largest absolute Gasteiger partial charge is 0.321 e. The molecule has 98 valence electrons. The number of nitrogens with one attached hydrogen (secondary N) is 1. The van der Waals surface area contributed by atoms with Crippen molar-refractivity contribution in [2.24, 2.45) is 0 Å².